The normalized spacial score (nSPS) is 15.0. The molecule has 0 atom stereocenters. The first-order chi connectivity index (χ1) is 12.6. The van der Waals surface area contributed by atoms with Gasteiger partial charge in [0.15, 0.2) is 16.6 Å². The van der Waals surface area contributed by atoms with E-state index in [1.165, 1.54) is 16.9 Å². The number of thioether (sulfide) groups is 1. The van der Waals surface area contributed by atoms with Crippen molar-refractivity contribution < 1.29 is 14.4 Å². The standard InChI is InChI=1S/C19H31N3O2S2/c1-15-12-17(23-2)18(24-3)13-16(15)14-21-7-9-22(10-8-21)19(25)20-6-5-11-26-4/h12-13H,5-11,14H2,1-4H3,(H,20,25)/p+1. The molecule has 1 aliphatic heterocycles. The molecule has 26 heavy (non-hydrogen) atoms. The van der Waals surface area contributed by atoms with Gasteiger partial charge in [0, 0.05) is 12.1 Å². The zero-order valence-electron chi connectivity index (χ0n) is 16.4. The third-order valence-electron chi connectivity index (χ3n) is 4.84. The monoisotopic (exact) mass is 398 g/mol. The summed E-state index contributed by atoms with van der Waals surface area (Å²) >= 11 is 7.42. The Morgan fingerprint density at radius 1 is 1.23 bits per heavy atom. The summed E-state index contributed by atoms with van der Waals surface area (Å²) in [5.74, 6) is 2.78. The number of aryl methyl sites for hydroxylation is 1. The maximum absolute atomic E-state index is 5.54. The summed E-state index contributed by atoms with van der Waals surface area (Å²) < 4.78 is 10.8. The van der Waals surface area contributed by atoms with Crippen molar-refractivity contribution in [2.75, 3.05) is 59.0 Å². The molecule has 0 aromatic heterocycles. The SMILES string of the molecule is COc1cc(C)c(C[NH+]2CCN(C(=S)NCCCSC)CC2)cc1OC. The molecule has 1 aliphatic rings. The summed E-state index contributed by atoms with van der Waals surface area (Å²) in [4.78, 5) is 3.89. The molecule has 146 valence electrons. The molecule has 1 heterocycles. The molecule has 2 rings (SSSR count). The Hall–Kier alpha value is -1.18. The van der Waals surface area contributed by atoms with Gasteiger partial charge in [0.05, 0.1) is 40.4 Å². The van der Waals surface area contributed by atoms with Crippen LogP contribution in [-0.4, -0.2) is 69.0 Å². The summed E-state index contributed by atoms with van der Waals surface area (Å²) in [7, 11) is 3.37. The fourth-order valence-corrected chi connectivity index (χ4v) is 3.93. The molecular formula is C19H32N3O2S2+. The molecule has 0 amide bonds. The number of piperazine rings is 1. The van der Waals surface area contributed by atoms with Crippen molar-refractivity contribution >= 4 is 29.1 Å². The van der Waals surface area contributed by atoms with Crippen LogP contribution in [0, 0.1) is 6.92 Å². The molecule has 1 aromatic carbocycles. The van der Waals surface area contributed by atoms with Gasteiger partial charge in [0.1, 0.15) is 6.54 Å². The smallest absolute Gasteiger partial charge is 0.169 e. The van der Waals surface area contributed by atoms with Crippen LogP contribution in [0.2, 0.25) is 0 Å². The minimum atomic E-state index is 0.798. The van der Waals surface area contributed by atoms with Crippen LogP contribution in [0.25, 0.3) is 0 Å². The minimum absolute atomic E-state index is 0.798. The Kier molecular flexibility index (Phi) is 8.81. The van der Waals surface area contributed by atoms with E-state index in [1.54, 1.807) is 19.1 Å². The zero-order chi connectivity index (χ0) is 18.9. The lowest BCUT2D eigenvalue weighted by Crippen LogP contribution is -3.13. The van der Waals surface area contributed by atoms with Crippen molar-refractivity contribution in [1.29, 1.82) is 0 Å². The molecule has 0 unspecified atom stereocenters. The molecular weight excluding hydrogens is 366 g/mol. The lowest BCUT2D eigenvalue weighted by atomic mass is 10.1. The number of ether oxygens (including phenoxy) is 2. The second-order valence-corrected chi connectivity index (χ2v) is 8.00. The summed E-state index contributed by atoms with van der Waals surface area (Å²) in [5.41, 5.74) is 2.58. The number of hydrogen-bond acceptors (Lipinski definition) is 4. The number of thiocarbonyl (C=S) groups is 1. The average molecular weight is 399 g/mol. The van der Waals surface area contributed by atoms with Gasteiger partial charge in [-0.3, -0.25) is 0 Å². The number of nitrogens with one attached hydrogen (secondary N) is 2. The molecule has 2 N–H and O–H groups in total. The zero-order valence-corrected chi connectivity index (χ0v) is 18.0. The lowest BCUT2D eigenvalue weighted by Gasteiger charge is -2.34. The Morgan fingerprint density at radius 2 is 1.88 bits per heavy atom. The van der Waals surface area contributed by atoms with Gasteiger partial charge in [-0.2, -0.15) is 11.8 Å². The van der Waals surface area contributed by atoms with E-state index < -0.39 is 0 Å². The predicted molar refractivity (Wildman–Crippen MR) is 114 cm³/mol. The Labute approximate surface area is 167 Å². The van der Waals surface area contributed by atoms with Gasteiger partial charge < -0.3 is 24.6 Å². The van der Waals surface area contributed by atoms with Crippen molar-refractivity contribution in [2.24, 2.45) is 0 Å². The Morgan fingerprint density at radius 3 is 2.50 bits per heavy atom. The van der Waals surface area contributed by atoms with E-state index in [-0.39, 0.29) is 0 Å². The van der Waals surface area contributed by atoms with E-state index in [9.17, 15) is 0 Å². The summed E-state index contributed by atoms with van der Waals surface area (Å²) in [6, 6.07) is 4.18. The van der Waals surface area contributed by atoms with E-state index in [0.29, 0.717) is 0 Å². The van der Waals surface area contributed by atoms with Gasteiger partial charge >= 0.3 is 0 Å². The fourth-order valence-electron chi connectivity index (χ4n) is 3.21. The summed E-state index contributed by atoms with van der Waals surface area (Å²) in [6.07, 6.45) is 3.30. The van der Waals surface area contributed by atoms with E-state index in [1.807, 2.05) is 11.8 Å². The van der Waals surface area contributed by atoms with Crippen LogP contribution >= 0.6 is 24.0 Å². The predicted octanol–water partition coefficient (Wildman–Crippen LogP) is 1.34. The van der Waals surface area contributed by atoms with Crippen LogP contribution in [0.4, 0.5) is 0 Å². The van der Waals surface area contributed by atoms with E-state index >= 15 is 0 Å². The number of hydrogen-bond donors (Lipinski definition) is 2. The summed E-state index contributed by atoms with van der Waals surface area (Å²) in [5, 5.41) is 4.30. The molecule has 7 heteroatoms. The van der Waals surface area contributed by atoms with E-state index in [0.717, 1.165) is 62.3 Å². The Balaban J connectivity index is 1.84. The second-order valence-electron chi connectivity index (χ2n) is 6.63. The van der Waals surface area contributed by atoms with Crippen LogP contribution < -0.4 is 19.7 Å². The highest BCUT2D eigenvalue weighted by Gasteiger charge is 2.22. The van der Waals surface area contributed by atoms with Crippen LogP contribution in [0.15, 0.2) is 12.1 Å². The van der Waals surface area contributed by atoms with Gasteiger partial charge in [-0.25, -0.2) is 0 Å². The Bertz CT molecular complexity index is 590. The maximum atomic E-state index is 5.54. The summed E-state index contributed by atoms with van der Waals surface area (Å²) in [6.45, 7) is 8.33. The highest BCUT2D eigenvalue weighted by atomic mass is 32.2. The van der Waals surface area contributed by atoms with Gasteiger partial charge in [0.2, 0.25) is 0 Å². The van der Waals surface area contributed by atoms with Gasteiger partial charge in [-0.15, -0.1) is 0 Å². The van der Waals surface area contributed by atoms with Crippen LogP contribution in [-0.2, 0) is 6.54 Å². The van der Waals surface area contributed by atoms with Crippen molar-refractivity contribution in [3.05, 3.63) is 23.3 Å². The van der Waals surface area contributed by atoms with Gasteiger partial charge in [-0.1, -0.05) is 0 Å². The van der Waals surface area contributed by atoms with Crippen LogP contribution in [0.5, 0.6) is 11.5 Å². The minimum Gasteiger partial charge on any atom is -0.493 e. The number of quaternary nitrogens is 1. The number of nitrogens with zero attached hydrogens (tertiary/aromatic N) is 1. The van der Waals surface area contributed by atoms with Gasteiger partial charge in [-0.05, 0) is 55.3 Å². The third kappa shape index (κ3) is 5.93. The highest BCUT2D eigenvalue weighted by molar-refractivity contribution is 7.98. The van der Waals surface area contributed by atoms with Crippen LogP contribution in [0.3, 0.4) is 0 Å². The molecule has 0 spiro atoms. The topological polar surface area (TPSA) is 38.2 Å². The van der Waals surface area contributed by atoms with E-state index in [2.05, 4.69) is 35.5 Å². The van der Waals surface area contributed by atoms with Gasteiger partial charge in [0.25, 0.3) is 0 Å². The van der Waals surface area contributed by atoms with Crippen LogP contribution in [0.1, 0.15) is 17.5 Å². The first kappa shape index (κ1) is 21.1. The van der Waals surface area contributed by atoms with Crippen molar-refractivity contribution in [1.82, 2.24) is 10.2 Å². The molecule has 0 radical (unpaired) electrons. The van der Waals surface area contributed by atoms with E-state index in [4.69, 9.17) is 21.7 Å². The molecule has 0 saturated carbocycles. The molecule has 1 saturated heterocycles. The average Bonchev–Trinajstić information content (AvgIpc) is 2.66. The molecule has 0 aliphatic carbocycles. The van der Waals surface area contributed by atoms with Crippen molar-refractivity contribution in [2.45, 2.75) is 19.9 Å². The number of benzene rings is 1. The first-order valence-electron chi connectivity index (χ1n) is 9.15. The number of rotatable bonds is 8. The molecule has 5 nitrogen and oxygen atoms in total. The van der Waals surface area contributed by atoms with Crippen molar-refractivity contribution in [3.8, 4) is 11.5 Å². The highest BCUT2D eigenvalue weighted by Crippen LogP contribution is 2.29. The quantitative estimate of drug-likeness (QED) is 0.509. The maximum Gasteiger partial charge on any atom is 0.169 e. The third-order valence-corrected chi connectivity index (χ3v) is 5.94. The first-order valence-corrected chi connectivity index (χ1v) is 11.0. The molecule has 0 bridgehead atoms. The van der Waals surface area contributed by atoms with Crippen molar-refractivity contribution in [3.63, 3.8) is 0 Å². The number of methoxy groups -OCH3 is 2. The lowest BCUT2D eigenvalue weighted by molar-refractivity contribution is -0.917. The molecule has 1 fully saturated rings. The second kappa shape index (κ2) is 10.8. The fraction of sp³-hybridized carbons (Fsp3) is 0.632. The molecule has 1 aromatic rings. The largest absolute Gasteiger partial charge is 0.493 e.